The fraction of sp³-hybridized carbons (Fsp3) is 0.174. The van der Waals surface area contributed by atoms with Crippen LogP contribution in [0.3, 0.4) is 0 Å². The van der Waals surface area contributed by atoms with Crippen LogP contribution in [-0.2, 0) is 24.4 Å². The van der Waals surface area contributed by atoms with Crippen molar-refractivity contribution in [2.24, 2.45) is 5.73 Å². The van der Waals surface area contributed by atoms with Crippen LogP contribution in [0.1, 0.15) is 16.7 Å². The third-order valence-corrected chi connectivity index (χ3v) is 5.11. The Bertz CT molecular complexity index is 972. The topological polar surface area (TPSA) is 72.5 Å². The Balaban J connectivity index is 1.86. The van der Waals surface area contributed by atoms with Crippen molar-refractivity contribution >= 4 is 17.7 Å². The van der Waals surface area contributed by atoms with Crippen molar-refractivity contribution in [3.05, 3.63) is 83.4 Å². The molecule has 0 aliphatic heterocycles. The van der Waals surface area contributed by atoms with Crippen LogP contribution in [0.5, 0.6) is 5.75 Å². The molecule has 0 radical (unpaired) electrons. The zero-order valence-corrected chi connectivity index (χ0v) is 16.5. The van der Waals surface area contributed by atoms with Crippen molar-refractivity contribution in [1.29, 1.82) is 0 Å². The molecule has 5 heteroatoms. The molecule has 0 atom stereocenters. The molecule has 0 heterocycles. The number of nitrogens with two attached hydrogens (primary N) is 1. The van der Waals surface area contributed by atoms with Gasteiger partial charge in [0.2, 0.25) is 0 Å². The second kappa shape index (κ2) is 9.44. The Morgan fingerprint density at radius 1 is 1.00 bits per heavy atom. The van der Waals surface area contributed by atoms with Crippen LogP contribution in [0.25, 0.3) is 11.1 Å². The maximum absolute atomic E-state index is 11.1. The summed E-state index contributed by atoms with van der Waals surface area (Å²) in [6.45, 7) is 0.876. The van der Waals surface area contributed by atoms with Crippen LogP contribution in [0.15, 0.2) is 71.6 Å². The van der Waals surface area contributed by atoms with E-state index in [-0.39, 0.29) is 6.42 Å². The number of carboxylic acid groups (broad SMARTS) is 1. The highest BCUT2D eigenvalue weighted by Gasteiger charge is 2.09. The molecule has 3 aromatic carbocycles. The van der Waals surface area contributed by atoms with Crippen LogP contribution in [0.4, 0.5) is 0 Å². The van der Waals surface area contributed by atoms with E-state index in [0.29, 0.717) is 24.5 Å². The Morgan fingerprint density at radius 2 is 1.79 bits per heavy atom. The van der Waals surface area contributed by atoms with Gasteiger partial charge in [0.05, 0.1) is 6.42 Å². The number of hydrogen-bond donors (Lipinski definition) is 2. The lowest BCUT2D eigenvalue weighted by Crippen LogP contribution is -2.04. The van der Waals surface area contributed by atoms with Crippen molar-refractivity contribution < 1.29 is 14.6 Å². The number of thioether (sulfide) groups is 1. The standard InChI is InChI=1S/C23H23NO3S/c1-28-21-11-17(10-20(12-21)18-7-4-5-16(9-18)14-24)15-27-22-8-3-2-6-19(22)13-23(25)26/h2-12H,13-15,24H2,1H3,(H,25,26). The zero-order chi connectivity index (χ0) is 19.9. The van der Waals surface area contributed by atoms with Crippen molar-refractivity contribution in [3.63, 3.8) is 0 Å². The van der Waals surface area contributed by atoms with Crippen LogP contribution in [0, 0.1) is 0 Å². The Hall–Kier alpha value is -2.76. The first-order valence-corrected chi connectivity index (χ1v) is 10.2. The predicted molar refractivity (Wildman–Crippen MR) is 114 cm³/mol. The number of ether oxygens (including phenoxy) is 1. The van der Waals surface area contributed by atoms with Gasteiger partial charge >= 0.3 is 5.97 Å². The number of carbonyl (C=O) groups is 1. The molecule has 4 nitrogen and oxygen atoms in total. The molecular formula is C23H23NO3S. The first kappa shape index (κ1) is 20.0. The number of aliphatic carboxylic acids is 1. The van der Waals surface area contributed by atoms with Gasteiger partial charge in [-0.2, -0.15) is 0 Å². The van der Waals surface area contributed by atoms with Crippen LogP contribution in [0.2, 0.25) is 0 Å². The van der Waals surface area contributed by atoms with Crippen molar-refractivity contribution in [1.82, 2.24) is 0 Å². The molecule has 0 saturated carbocycles. The average Bonchev–Trinajstić information content (AvgIpc) is 2.72. The van der Waals surface area contributed by atoms with E-state index in [1.54, 1.807) is 17.8 Å². The van der Waals surface area contributed by atoms with E-state index < -0.39 is 5.97 Å². The number of rotatable bonds is 8. The summed E-state index contributed by atoms with van der Waals surface area (Å²) < 4.78 is 5.97. The molecule has 0 spiro atoms. The monoisotopic (exact) mass is 393 g/mol. The smallest absolute Gasteiger partial charge is 0.307 e. The number of benzene rings is 3. The minimum Gasteiger partial charge on any atom is -0.489 e. The normalized spacial score (nSPS) is 10.6. The Labute approximate surface area is 169 Å². The van der Waals surface area contributed by atoms with Crippen LogP contribution in [-0.4, -0.2) is 17.3 Å². The Morgan fingerprint density at radius 3 is 2.54 bits per heavy atom. The van der Waals surface area contributed by atoms with Crippen molar-refractivity contribution in [3.8, 4) is 16.9 Å². The second-order valence-corrected chi connectivity index (χ2v) is 7.32. The van der Waals surface area contributed by atoms with Crippen LogP contribution < -0.4 is 10.5 Å². The zero-order valence-electron chi connectivity index (χ0n) is 15.7. The van der Waals surface area contributed by atoms with E-state index in [4.69, 9.17) is 15.6 Å². The highest BCUT2D eigenvalue weighted by Crippen LogP contribution is 2.28. The summed E-state index contributed by atoms with van der Waals surface area (Å²) >= 11 is 1.68. The number of carboxylic acids is 1. The highest BCUT2D eigenvalue weighted by atomic mass is 32.2. The molecule has 28 heavy (non-hydrogen) atoms. The first-order chi connectivity index (χ1) is 13.6. The molecule has 0 unspecified atom stereocenters. The average molecular weight is 394 g/mol. The van der Waals surface area contributed by atoms with Gasteiger partial charge in [-0.1, -0.05) is 36.4 Å². The van der Waals surface area contributed by atoms with E-state index in [1.807, 2.05) is 36.6 Å². The van der Waals surface area contributed by atoms with Gasteiger partial charge in [0.15, 0.2) is 0 Å². The summed E-state index contributed by atoms with van der Waals surface area (Å²) in [5.74, 6) is -0.270. The molecule has 0 aliphatic rings. The number of hydrogen-bond acceptors (Lipinski definition) is 4. The minimum absolute atomic E-state index is 0.0574. The van der Waals surface area contributed by atoms with Gasteiger partial charge in [0, 0.05) is 17.0 Å². The van der Waals surface area contributed by atoms with Gasteiger partial charge < -0.3 is 15.6 Å². The summed E-state index contributed by atoms with van der Waals surface area (Å²) in [4.78, 5) is 12.2. The molecule has 3 aromatic rings. The third kappa shape index (κ3) is 5.15. The minimum atomic E-state index is -0.873. The van der Waals surface area contributed by atoms with Crippen molar-refractivity contribution in [2.75, 3.05) is 6.26 Å². The SMILES string of the molecule is CSc1cc(COc2ccccc2CC(=O)O)cc(-c2cccc(CN)c2)c1. The number of para-hydroxylation sites is 1. The summed E-state index contributed by atoms with van der Waals surface area (Å²) in [7, 11) is 0. The van der Waals surface area contributed by atoms with Gasteiger partial charge in [-0.05, 0) is 58.8 Å². The molecule has 3 N–H and O–H groups in total. The molecule has 0 aliphatic carbocycles. The molecule has 0 saturated heterocycles. The Kier molecular flexibility index (Phi) is 6.74. The van der Waals surface area contributed by atoms with E-state index in [2.05, 4.69) is 30.3 Å². The fourth-order valence-electron chi connectivity index (χ4n) is 3.02. The van der Waals surface area contributed by atoms with Crippen LogP contribution >= 0.6 is 11.8 Å². The molecule has 0 bridgehead atoms. The molecule has 3 rings (SSSR count). The third-order valence-electron chi connectivity index (χ3n) is 4.41. The molecule has 0 fully saturated rings. The summed E-state index contributed by atoms with van der Waals surface area (Å²) in [5.41, 5.74) is 10.8. The lowest BCUT2D eigenvalue weighted by Gasteiger charge is -2.13. The fourth-order valence-corrected chi connectivity index (χ4v) is 3.54. The van der Waals surface area contributed by atoms with E-state index in [9.17, 15) is 4.79 Å². The van der Waals surface area contributed by atoms with Gasteiger partial charge in [-0.15, -0.1) is 11.8 Å². The largest absolute Gasteiger partial charge is 0.489 e. The lowest BCUT2D eigenvalue weighted by atomic mass is 10.0. The maximum Gasteiger partial charge on any atom is 0.307 e. The highest BCUT2D eigenvalue weighted by molar-refractivity contribution is 7.98. The van der Waals surface area contributed by atoms with Crippen molar-refractivity contribution in [2.45, 2.75) is 24.5 Å². The molecular weight excluding hydrogens is 370 g/mol. The summed E-state index contributed by atoms with van der Waals surface area (Å²) in [5, 5.41) is 9.08. The van der Waals surface area contributed by atoms with Gasteiger partial charge in [-0.3, -0.25) is 4.79 Å². The van der Waals surface area contributed by atoms with Gasteiger partial charge in [0.25, 0.3) is 0 Å². The summed E-state index contributed by atoms with van der Waals surface area (Å²) in [6, 6.07) is 21.8. The molecule has 0 aromatic heterocycles. The molecule has 144 valence electrons. The maximum atomic E-state index is 11.1. The summed E-state index contributed by atoms with van der Waals surface area (Å²) in [6.07, 6.45) is 1.99. The van der Waals surface area contributed by atoms with E-state index >= 15 is 0 Å². The first-order valence-electron chi connectivity index (χ1n) is 8.99. The quantitative estimate of drug-likeness (QED) is 0.541. The predicted octanol–water partition coefficient (Wildman–Crippen LogP) is 4.74. The molecule has 0 amide bonds. The van der Waals surface area contributed by atoms with E-state index in [1.165, 1.54) is 0 Å². The lowest BCUT2D eigenvalue weighted by molar-refractivity contribution is -0.136. The van der Waals surface area contributed by atoms with Gasteiger partial charge in [-0.25, -0.2) is 0 Å². The van der Waals surface area contributed by atoms with Gasteiger partial charge in [0.1, 0.15) is 12.4 Å². The van der Waals surface area contributed by atoms with E-state index in [0.717, 1.165) is 27.1 Å². The second-order valence-electron chi connectivity index (χ2n) is 6.44.